The third kappa shape index (κ3) is 3.82. The van der Waals surface area contributed by atoms with Crippen LogP contribution >= 0.6 is 0 Å². The van der Waals surface area contributed by atoms with Crippen LogP contribution < -0.4 is 5.73 Å². The first kappa shape index (κ1) is 13.6. The number of likely N-dealkylation sites (N-methyl/N-ethyl adjacent to an activating group) is 1. The molecular weight excluding hydrogens is 220 g/mol. The molecule has 18 heavy (non-hydrogen) atoms. The molecule has 0 atom stereocenters. The Morgan fingerprint density at radius 1 is 1.22 bits per heavy atom. The largest absolute Gasteiger partial charge is 0.324 e. The first-order valence-electron chi connectivity index (χ1n) is 7.10. The van der Waals surface area contributed by atoms with Crippen LogP contribution in [-0.2, 0) is 6.54 Å². The zero-order valence-corrected chi connectivity index (χ0v) is 11.8. The molecule has 0 heterocycles. The summed E-state index contributed by atoms with van der Waals surface area (Å²) in [6.07, 6.45) is 6.33. The average Bonchev–Trinajstić information content (AvgIpc) is 2.28. The number of nitrogens with two attached hydrogens (primary N) is 1. The van der Waals surface area contributed by atoms with Gasteiger partial charge in [-0.1, -0.05) is 49.1 Å². The lowest BCUT2D eigenvalue weighted by molar-refractivity contribution is 0.193. The van der Waals surface area contributed by atoms with Gasteiger partial charge in [0.25, 0.3) is 0 Å². The molecule has 1 aromatic carbocycles. The van der Waals surface area contributed by atoms with Gasteiger partial charge in [-0.2, -0.15) is 0 Å². The normalized spacial score (nSPS) is 19.1. The number of aryl methyl sites for hydroxylation is 1. The molecule has 0 unspecified atom stereocenters. The standard InChI is InChI=1S/C16H26N2/c1-14-7-6-8-15(11-14)12-18(2)13-16(17)9-4-3-5-10-16/h6-8,11H,3-5,9-10,12-13,17H2,1-2H3. The number of nitrogens with zero attached hydrogens (tertiary/aromatic N) is 1. The number of benzene rings is 1. The summed E-state index contributed by atoms with van der Waals surface area (Å²) < 4.78 is 0. The molecule has 2 nitrogen and oxygen atoms in total. The monoisotopic (exact) mass is 246 g/mol. The van der Waals surface area contributed by atoms with E-state index in [0.29, 0.717) is 0 Å². The van der Waals surface area contributed by atoms with E-state index in [9.17, 15) is 0 Å². The van der Waals surface area contributed by atoms with Crippen molar-refractivity contribution in [1.82, 2.24) is 4.90 Å². The van der Waals surface area contributed by atoms with Gasteiger partial charge in [0, 0.05) is 18.6 Å². The minimum Gasteiger partial charge on any atom is -0.324 e. The lowest BCUT2D eigenvalue weighted by Crippen LogP contribution is -2.50. The first-order valence-corrected chi connectivity index (χ1v) is 7.10. The Hall–Kier alpha value is -0.860. The van der Waals surface area contributed by atoms with Gasteiger partial charge in [-0.25, -0.2) is 0 Å². The average molecular weight is 246 g/mol. The summed E-state index contributed by atoms with van der Waals surface area (Å²) in [4.78, 5) is 2.38. The quantitative estimate of drug-likeness (QED) is 0.884. The highest BCUT2D eigenvalue weighted by atomic mass is 15.1. The van der Waals surface area contributed by atoms with Gasteiger partial charge in [-0.3, -0.25) is 0 Å². The highest BCUT2D eigenvalue weighted by molar-refractivity contribution is 5.22. The summed E-state index contributed by atoms with van der Waals surface area (Å²) in [5.74, 6) is 0. The third-order valence-corrected chi connectivity index (χ3v) is 3.97. The van der Waals surface area contributed by atoms with Gasteiger partial charge in [0.1, 0.15) is 0 Å². The van der Waals surface area contributed by atoms with Crippen molar-refractivity contribution in [2.75, 3.05) is 13.6 Å². The van der Waals surface area contributed by atoms with E-state index in [-0.39, 0.29) is 5.54 Å². The summed E-state index contributed by atoms with van der Waals surface area (Å²) in [5.41, 5.74) is 9.27. The molecule has 0 amide bonds. The molecule has 1 fully saturated rings. The van der Waals surface area contributed by atoms with E-state index in [1.807, 2.05) is 0 Å². The van der Waals surface area contributed by atoms with Crippen LogP contribution in [0, 0.1) is 6.92 Å². The molecular formula is C16H26N2. The summed E-state index contributed by atoms with van der Waals surface area (Å²) in [6.45, 7) is 4.16. The molecule has 2 heteroatoms. The van der Waals surface area contributed by atoms with Gasteiger partial charge in [-0.05, 0) is 32.4 Å². The van der Waals surface area contributed by atoms with Gasteiger partial charge in [0.05, 0.1) is 0 Å². The van der Waals surface area contributed by atoms with Gasteiger partial charge >= 0.3 is 0 Å². The number of hydrogen-bond acceptors (Lipinski definition) is 2. The van der Waals surface area contributed by atoms with Crippen molar-refractivity contribution in [2.45, 2.75) is 51.1 Å². The Morgan fingerprint density at radius 3 is 2.61 bits per heavy atom. The maximum atomic E-state index is 6.50. The van der Waals surface area contributed by atoms with Gasteiger partial charge < -0.3 is 10.6 Å². The molecule has 1 aliphatic carbocycles. The molecule has 100 valence electrons. The van der Waals surface area contributed by atoms with Crippen molar-refractivity contribution in [3.63, 3.8) is 0 Å². The van der Waals surface area contributed by atoms with Crippen LogP contribution in [0.3, 0.4) is 0 Å². The molecule has 0 spiro atoms. The predicted octanol–water partition coefficient (Wildman–Crippen LogP) is 3.09. The highest BCUT2D eigenvalue weighted by Gasteiger charge is 2.28. The Kier molecular flexibility index (Phi) is 4.41. The van der Waals surface area contributed by atoms with Crippen LogP contribution in [-0.4, -0.2) is 24.0 Å². The lowest BCUT2D eigenvalue weighted by Gasteiger charge is -2.36. The van der Waals surface area contributed by atoms with E-state index >= 15 is 0 Å². The van der Waals surface area contributed by atoms with E-state index in [1.165, 1.54) is 43.2 Å². The molecule has 0 radical (unpaired) electrons. The molecule has 1 aliphatic rings. The van der Waals surface area contributed by atoms with Crippen molar-refractivity contribution in [1.29, 1.82) is 0 Å². The maximum absolute atomic E-state index is 6.50. The molecule has 0 aromatic heterocycles. The number of rotatable bonds is 4. The molecule has 1 aromatic rings. The fourth-order valence-corrected chi connectivity index (χ4v) is 3.13. The van der Waals surface area contributed by atoms with E-state index < -0.39 is 0 Å². The first-order chi connectivity index (χ1) is 8.57. The summed E-state index contributed by atoms with van der Waals surface area (Å²) >= 11 is 0. The van der Waals surface area contributed by atoms with Crippen molar-refractivity contribution < 1.29 is 0 Å². The van der Waals surface area contributed by atoms with Gasteiger partial charge in [0.2, 0.25) is 0 Å². The minimum absolute atomic E-state index is 0.0524. The molecule has 0 aliphatic heterocycles. The zero-order chi connectivity index (χ0) is 13.0. The minimum atomic E-state index is 0.0524. The highest BCUT2D eigenvalue weighted by Crippen LogP contribution is 2.26. The van der Waals surface area contributed by atoms with Crippen molar-refractivity contribution in [2.24, 2.45) is 5.73 Å². The van der Waals surface area contributed by atoms with Crippen molar-refractivity contribution >= 4 is 0 Å². The van der Waals surface area contributed by atoms with Crippen LogP contribution in [0.1, 0.15) is 43.2 Å². The van der Waals surface area contributed by atoms with Crippen molar-refractivity contribution in [3.05, 3.63) is 35.4 Å². The van der Waals surface area contributed by atoms with E-state index in [1.54, 1.807) is 0 Å². The third-order valence-electron chi connectivity index (χ3n) is 3.97. The fourth-order valence-electron chi connectivity index (χ4n) is 3.13. The van der Waals surface area contributed by atoms with E-state index in [4.69, 9.17) is 5.73 Å². The smallest absolute Gasteiger partial charge is 0.0283 e. The molecule has 2 N–H and O–H groups in total. The molecule has 0 bridgehead atoms. The van der Waals surface area contributed by atoms with Crippen LogP contribution in [0.25, 0.3) is 0 Å². The second-order valence-corrected chi connectivity index (χ2v) is 6.08. The Bertz CT molecular complexity index is 380. The summed E-state index contributed by atoms with van der Waals surface area (Å²) in [7, 11) is 2.19. The van der Waals surface area contributed by atoms with Crippen LogP contribution in [0.15, 0.2) is 24.3 Å². The molecule has 1 saturated carbocycles. The van der Waals surface area contributed by atoms with E-state index in [2.05, 4.69) is 43.1 Å². The van der Waals surface area contributed by atoms with Crippen molar-refractivity contribution in [3.8, 4) is 0 Å². The summed E-state index contributed by atoms with van der Waals surface area (Å²) in [6, 6.07) is 8.75. The van der Waals surface area contributed by atoms with Gasteiger partial charge in [-0.15, -0.1) is 0 Å². The Morgan fingerprint density at radius 2 is 1.94 bits per heavy atom. The van der Waals surface area contributed by atoms with Crippen LogP contribution in [0.4, 0.5) is 0 Å². The molecule has 0 saturated heterocycles. The predicted molar refractivity (Wildman–Crippen MR) is 77.5 cm³/mol. The SMILES string of the molecule is Cc1cccc(CN(C)CC2(N)CCCCC2)c1. The molecule has 2 rings (SSSR count). The second-order valence-electron chi connectivity index (χ2n) is 6.08. The number of hydrogen-bond donors (Lipinski definition) is 1. The Balaban J connectivity index is 1.90. The van der Waals surface area contributed by atoms with E-state index in [0.717, 1.165) is 13.1 Å². The fraction of sp³-hybridized carbons (Fsp3) is 0.625. The zero-order valence-electron chi connectivity index (χ0n) is 11.8. The maximum Gasteiger partial charge on any atom is 0.0283 e. The van der Waals surface area contributed by atoms with Crippen LogP contribution in [0.5, 0.6) is 0 Å². The Labute approximate surface area is 111 Å². The second kappa shape index (κ2) is 5.85. The summed E-state index contributed by atoms with van der Waals surface area (Å²) in [5, 5.41) is 0. The lowest BCUT2D eigenvalue weighted by atomic mass is 9.82. The van der Waals surface area contributed by atoms with Gasteiger partial charge in [0.15, 0.2) is 0 Å². The topological polar surface area (TPSA) is 29.3 Å². The van der Waals surface area contributed by atoms with Crippen LogP contribution in [0.2, 0.25) is 0 Å².